The van der Waals surface area contributed by atoms with Crippen LogP contribution in [-0.4, -0.2) is 56.6 Å². The van der Waals surface area contributed by atoms with Crippen LogP contribution in [0.25, 0.3) is 32.6 Å². The molecule has 5 aromatic rings. The zero-order valence-corrected chi connectivity index (χ0v) is 27.9. The summed E-state index contributed by atoms with van der Waals surface area (Å²) >= 11 is 15.6. The molecule has 1 aliphatic heterocycles. The molecule has 0 saturated carbocycles. The smallest absolute Gasteiger partial charge is 0.317 e. The first-order valence-corrected chi connectivity index (χ1v) is 16.8. The molecule has 242 valence electrons. The molecule has 0 unspecified atom stereocenters. The number of rotatable bonds is 13. The quantitative estimate of drug-likeness (QED) is 0.126. The van der Waals surface area contributed by atoms with Gasteiger partial charge in [-0.25, -0.2) is 9.97 Å². The van der Waals surface area contributed by atoms with Crippen molar-refractivity contribution < 1.29 is 19.4 Å². The number of aryl methyl sites for hydroxylation is 1. The van der Waals surface area contributed by atoms with Crippen LogP contribution in [0.5, 0.6) is 5.88 Å². The number of carbonyl (C=O) groups is 2. The van der Waals surface area contributed by atoms with E-state index in [2.05, 4.69) is 20.6 Å². The van der Waals surface area contributed by atoms with E-state index in [1.807, 2.05) is 42.5 Å². The average molecular weight is 692 g/mol. The summed E-state index contributed by atoms with van der Waals surface area (Å²) in [6.07, 6.45) is 7.80. The van der Waals surface area contributed by atoms with E-state index in [9.17, 15) is 9.59 Å². The number of halogens is 2. The molecule has 47 heavy (non-hydrogen) atoms. The highest BCUT2D eigenvalue weighted by atomic mass is 35.5. The second-order valence-corrected chi connectivity index (χ2v) is 13.1. The SMILES string of the molecule is COc1nc(-c2cccc(-c3cccc(Cc4nccc5sc(CNCC(=O)O)nc45)c3Cl)c2Cl)cnc1CCC[C@@H]1CCC(=O)N1. The van der Waals surface area contributed by atoms with Crippen LogP contribution < -0.4 is 15.4 Å². The van der Waals surface area contributed by atoms with Gasteiger partial charge in [-0.15, -0.1) is 11.3 Å². The average Bonchev–Trinajstić information content (AvgIpc) is 3.68. The minimum absolute atomic E-state index is 0.119. The number of hydrogen-bond acceptors (Lipinski definition) is 9. The Hall–Kier alpha value is -4.16. The predicted molar refractivity (Wildman–Crippen MR) is 183 cm³/mol. The fourth-order valence-electron chi connectivity index (χ4n) is 5.75. The molecule has 0 aliphatic carbocycles. The van der Waals surface area contributed by atoms with Gasteiger partial charge in [-0.05, 0) is 37.3 Å². The maximum absolute atomic E-state index is 11.5. The van der Waals surface area contributed by atoms with Gasteiger partial charge in [0.25, 0.3) is 0 Å². The minimum atomic E-state index is -0.918. The Balaban J connectivity index is 1.23. The Morgan fingerprint density at radius 1 is 1.06 bits per heavy atom. The number of hydrogen-bond donors (Lipinski definition) is 3. The highest BCUT2D eigenvalue weighted by molar-refractivity contribution is 7.18. The van der Waals surface area contributed by atoms with E-state index in [0.29, 0.717) is 53.0 Å². The van der Waals surface area contributed by atoms with E-state index in [1.165, 1.54) is 11.3 Å². The molecule has 0 radical (unpaired) electrons. The fraction of sp³-hybridized carbons (Fsp3) is 0.294. The number of methoxy groups -OCH3 is 1. The molecule has 4 heterocycles. The highest BCUT2D eigenvalue weighted by Crippen LogP contribution is 2.40. The number of nitrogens with one attached hydrogen (secondary N) is 2. The minimum Gasteiger partial charge on any atom is -0.480 e. The number of carboxylic acid groups (broad SMARTS) is 1. The molecular formula is C34H32Cl2N6O4S. The number of carboxylic acids is 1. The number of carbonyl (C=O) groups excluding carboxylic acids is 1. The third-order valence-corrected chi connectivity index (χ3v) is 9.91. The van der Waals surface area contributed by atoms with Gasteiger partial charge < -0.3 is 20.5 Å². The maximum atomic E-state index is 11.5. The molecule has 2 aromatic carbocycles. The van der Waals surface area contributed by atoms with Crippen molar-refractivity contribution in [2.45, 2.75) is 51.1 Å². The van der Waals surface area contributed by atoms with Crippen molar-refractivity contribution in [2.24, 2.45) is 0 Å². The van der Waals surface area contributed by atoms with E-state index in [0.717, 1.165) is 62.6 Å². The summed E-state index contributed by atoms with van der Waals surface area (Å²) in [5.74, 6) is -0.351. The number of pyridine rings is 1. The molecule has 0 spiro atoms. The van der Waals surface area contributed by atoms with Crippen molar-refractivity contribution in [3.8, 4) is 28.3 Å². The Morgan fingerprint density at radius 3 is 2.62 bits per heavy atom. The van der Waals surface area contributed by atoms with Crippen molar-refractivity contribution in [3.63, 3.8) is 0 Å². The topological polar surface area (TPSA) is 139 Å². The zero-order chi connectivity index (χ0) is 32.9. The molecule has 1 saturated heterocycles. The lowest BCUT2D eigenvalue weighted by Crippen LogP contribution is -2.25. The van der Waals surface area contributed by atoms with Gasteiger partial charge >= 0.3 is 5.97 Å². The van der Waals surface area contributed by atoms with Crippen LogP contribution in [0, 0.1) is 0 Å². The lowest BCUT2D eigenvalue weighted by atomic mass is 9.98. The molecule has 10 nitrogen and oxygen atoms in total. The molecule has 13 heteroatoms. The summed E-state index contributed by atoms with van der Waals surface area (Å²) < 4.78 is 6.58. The molecule has 1 atom stereocenters. The van der Waals surface area contributed by atoms with Crippen LogP contribution in [0.1, 0.15) is 47.6 Å². The summed E-state index contributed by atoms with van der Waals surface area (Å²) in [4.78, 5) is 41.1. The Morgan fingerprint density at radius 2 is 1.85 bits per heavy atom. The van der Waals surface area contributed by atoms with Crippen molar-refractivity contribution in [1.29, 1.82) is 0 Å². The summed E-state index contributed by atoms with van der Waals surface area (Å²) in [6, 6.07) is 13.7. The van der Waals surface area contributed by atoms with E-state index in [-0.39, 0.29) is 18.5 Å². The molecule has 1 fully saturated rings. The first kappa shape index (κ1) is 32.8. The fourth-order valence-corrected chi connectivity index (χ4v) is 7.32. The van der Waals surface area contributed by atoms with Crippen LogP contribution in [0.4, 0.5) is 0 Å². The Bertz CT molecular complexity index is 1950. The van der Waals surface area contributed by atoms with Crippen LogP contribution in [0.15, 0.2) is 54.9 Å². The standard InChI is InChI=1S/C34H32Cl2N6O4S/c1-46-34-24(10-3-6-20-11-12-28(43)40-20)39-16-26(41-34)23-9-4-8-22(32(23)36)21-7-2-5-19(31(21)35)15-25-33-27(13-14-38-25)47-29(42-33)17-37-18-30(44)45/h2,4-5,7-9,13-14,16,20,37H,3,6,10-12,15,17-18H2,1H3,(H,40,43)(H,44,45)/t20-/m1/s1. The van der Waals surface area contributed by atoms with Crippen molar-refractivity contribution in [2.75, 3.05) is 13.7 Å². The van der Waals surface area contributed by atoms with Crippen molar-refractivity contribution >= 4 is 56.6 Å². The monoisotopic (exact) mass is 690 g/mol. The van der Waals surface area contributed by atoms with Gasteiger partial charge in [0.05, 0.1) is 46.0 Å². The van der Waals surface area contributed by atoms with Crippen LogP contribution >= 0.6 is 34.5 Å². The third-order valence-electron chi connectivity index (χ3n) is 8.04. The second kappa shape index (κ2) is 14.7. The normalized spacial score (nSPS) is 14.4. The molecule has 0 bridgehead atoms. The number of amides is 1. The second-order valence-electron chi connectivity index (χ2n) is 11.2. The summed E-state index contributed by atoms with van der Waals surface area (Å²) in [5.41, 5.74) is 5.99. The summed E-state index contributed by atoms with van der Waals surface area (Å²) in [6.45, 7) is 0.221. The number of fused-ring (bicyclic) bond motifs is 1. The van der Waals surface area contributed by atoms with E-state index in [1.54, 1.807) is 19.5 Å². The number of ether oxygens (including phenoxy) is 1. The number of nitrogens with zero attached hydrogens (tertiary/aromatic N) is 4. The maximum Gasteiger partial charge on any atom is 0.317 e. The first-order valence-electron chi connectivity index (χ1n) is 15.2. The van der Waals surface area contributed by atoms with E-state index >= 15 is 0 Å². The summed E-state index contributed by atoms with van der Waals surface area (Å²) in [5, 5.41) is 16.6. The van der Waals surface area contributed by atoms with Gasteiger partial charge in [0, 0.05) is 48.3 Å². The first-order chi connectivity index (χ1) is 22.8. The number of aliphatic carboxylic acids is 1. The van der Waals surface area contributed by atoms with E-state index < -0.39 is 5.97 Å². The van der Waals surface area contributed by atoms with Gasteiger partial charge in [0.1, 0.15) is 16.2 Å². The zero-order valence-electron chi connectivity index (χ0n) is 25.6. The van der Waals surface area contributed by atoms with Gasteiger partial charge in [-0.2, -0.15) is 0 Å². The van der Waals surface area contributed by atoms with Gasteiger partial charge in [-0.1, -0.05) is 59.6 Å². The third kappa shape index (κ3) is 7.54. The van der Waals surface area contributed by atoms with Crippen LogP contribution in [-0.2, 0) is 29.0 Å². The van der Waals surface area contributed by atoms with Gasteiger partial charge in [0.2, 0.25) is 11.8 Å². The molecule has 1 aliphatic rings. The summed E-state index contributed by atoms with van der Waals surface area (Å²) in [7, 11) is 1.58. The number of thiazole rings is 1. The molecule has 3 aromatic heterocycles. The lowest BCUT2D eigenvalue weighted by molar-refractivity contribution is -0.136. The molecule has 1 amide bonds. The highest BCUT2D eigenvalue weighted by Gasteiger charge is 2.21. The Kier molecular flexibility index (Phi) is 10.3. The van der Waals surface area contributed by atoms with Crippen molar-refractivity contribution in [3.05, 3.63) is 86.9 Å². The van der Waals surface area contributed by atoms with Gasteiger partial charge in [0.15, 0.2) is 0 Å². The van der Waals surface area contributed by atoms with E-state index in [4.69, 9.17) is 43.0 Å². The number of benzene rings is 2. The van der Waals surface area contributed by atoms with Crippen LogP contribution in [0.2, 0.25) is 10.0 Å². The number of aromatic nitrogens is 4. The molecular weight excluding hydrogens is 659 g/mol. The molecule has 6 rings (SSSR count). The lowest BCUT2D eigenvalue weighted by Gasteiger charge is -2.15. The molecule has 3 N–H and O–H groups in total. The largest absolute Gasteiger partial charge is 0.480 e. The van der Waals surface area contributed by atoms with Crippen LogP contribution in [0.3, 0.4) is 0 Å². The Labute approximate surface area is 285 Å². The van der Waals surface area contributed by atoms with Crippen molar-refractivity contribution in [1.82, 2.24) is 30.6 Å². The predicted octanol–water partition coefficient (Wildman–Crippen LogP) is 6.50. The van der Waals surface area contributed by atoms with Gasteiger partial charge in [-0.3, -0.25) is 19.6 Å².